The van der Waals surface area contributed by atoms with Gasteiger partial charge in [0.05, 0.1) is 10.0 Å². The van der Waals surface area contributed by atoms with Gasteiger partial charge in [-0.3, -0.25) is 0 Å². The third-order valence-electron chi connectivity index (χ3n) is 3.21. The van der Waals surface area contributed by atoms with Gasteiger partial charge in [0, 0.05) is 18.0 Å². The topological polar surface area (TPSA) is 12.0 Å². The first-order valence-electron chi connectivity index (χ1n) is 5.20. The van der Waals surface area contributed by atoms with E-state index >= 15 is 0 Å². The first-order chi connectivity index (χ1) is 7.01. The molecule has 0 radical (unpaired) electrons. The van der Waals surface area contributed by atoms with Crippen LogP contribution in [0.3, 0.4) is 0 Å². The number of hydrogen-bond acceptors (Lipinski definition) is 1. The molecule has 82 valence electrons. The fraction of sp³-hybridized carbons (Fsp3) is 0.500. The molecule has 1 aliphatic heterocycles. The lowest BCUT2D eigenvalue weighted by molar-refractivity contribution is 0.513. The Morgan fingerprint density at radius 3 is 2.60 bits per heavy atom. The Morgan fingerprint density at radius 1 is 1.33 bits per heavy atom. The van der Waals surface area contributed by atoms with Crippen molar-refractivity contribution in [3.05, 3.63) is 33.8 Å². The molecule has 15 heavy (non-hydrogen) atoms. The molecule has 1 N–H and O–H groups in total. The molecule has 2 atom stereocenters. The normalized spacial score (nSPS) is 30.8. The van der Waals surface area contributed by atoms with Crippen LogP contribution in [0.25, 0.3) is 0 Å². The molecule has 2 rings (SSSR count). The van der Waals surface area contributed by atoms with Crippen molar-refractivity contribution in [2.75, 3.05) is 6.54 Å². The van der Waals surface area contributed by atoms with Crippen molar-refractivity contribution in [1.82, 2.24) is 5.32 Å². The maximum Gasteiger partial charge on any atom is 0.0595 e. The summed E-state index contributed by atoms with van der Waals surface area (Å²) in [4.78, 5) is 0. The highest BCUT2D eigenvalue weighted by atomic mass is 35.5. The Kier molecular flexibility index (Phi) is 2.98. The molecule has 1 fully saturated rings. The Hall–Kier alpha value is -0.240. The molecular weight excluding hydrogens is 229 g/mol. The molecule has 1 aliphatic rings. The number of hydrogen-bond donors (Lipinski definition) is 1. The lowest BCUT2D eigenvalue weighted by Gasteiger charge is -2.24. The van der Waals surface area contributed by atoms with Gasteiger partial charge in [-0.05, 0) is 31.0 Å². The standard InChI is InChI=1S/C12H15Cl2N/c1-8-6-12(2,7-15-8)9-3-4-10(13)11(14)5-9/h3-5,8,15H,6-7H2,1-2H3/t8?,12-/m1/s1. The molecule has 0 spiro atoms. The van der Waals surface area contributed by atoms with E-state index in [0.29, 0.717) is 16.1 Å². The average Bonchev–Trinajstić information content (AvgIpc) is 2.52. The van der Waals surface area contributed by atoms with Gasteiger partial charge in [0.1, 0.15) is 0 Å². The summed E-state index contributed by atoms with van der Waals surface area (Å²) in [5.74, 6) is 0. The predicted molar refractivity (Wildman–Crippen MR) is 65.9 cm³/mol. The van der Waals surface area contributed by atoms with Crippen LogP contribution in [0.1, 0.15) is 25.8 Å². The van der Waals surface area contributed by atoms with Crippen molar-refractivity contribution in [2.24, 2.45) is 0 Å². The van der Waals surface area contributed by atoms with Crippen molar-refractivity contribution >= 4 is 23.2 Å². The summed E-state index contributed by atoms with van der Waals surface area (Å²) < 4.78 is 0. The monoisotopic (exact) mass is 243 g/mol. The first-order valence-corrected chi connectivity index (χ1v) is 5.96. The van der Waals surface area contributed by atoms with Crippen LogP contribution in [0.15, 0.2) is 18.2 Å². The van der Waals surface area contributed by atoms with Crippen LogP contribution in [0, 0.1) is 0 Å². The van der Waals surface area contributed by atoms with E-state index in [2.05, 4.69) is 25.2 Å². The lowest BCUT2D eigenvalue weighted by atomic mass is 9.81. The van der Waals surface area contributed by atoms with Crippen molar-refractivity contribution in [3.8, 4) is 0 Å². The number of rotatable bonds is 1. The van der Waals surface area contributed by atoms with E-state index in [1.165, 1.54) is 5.56 Å². The minimum absolute atomic E-state index is 0.188. The van der Waals surface area contributed by atoms with Crippen LogP contribution >= 0.6 is 23.2 Å². The Balaban J connectivity index is 2.33. The van der Waals surface area contributed by atoms with Crippen molar-refractivity contribution < 1.29 is 0 Å². The third-order valence-corrected chi connectivity index (χ3v) is 3.95. The number of nitrogens with one attached hydrogen (secondary N) is 1. The van der Waals surface area contributed by atoms with Gasteiger partial charge in [-0.25, -0.2) is 0 Å². The van der Waals surface area contributed by atoms with E-state index in [4.69, 9.17) is 23.2 Å². The quantitative estimate of drug-likeness (QED) is 0.795. The summed E-state index contributed by atoms with van der Waals surface area (Å²) in [6, 6.07) is 6.52. The molecule has 1 heterocycles. The number of halogens is 2. The smallest absolute Gasteiger partial charge is 0.0595 e. The van der Waals surface area contributed by atoms with Gasteiger partial charge < -0.3 is 5.32 Å². The van der Waals surface area contributed by atoms with Crippen LogP contribution in [0.5, 0.6) is 0 Å². The van der Waals surface area contributed by atoms with Crippen LogP contribution in [-0.4, -0.2) is 12.6 Å². The van der Waals surface area contributed by atoms with Gasteiger partial charge in [0.15, 0.2) is 0 Å². The maximum absolute atomic E-state index is 6.04. The van der Waals surface area contributed by atoms with Crippen LogP contribution in [0.2, 0.25) is 10.0 Å². The molecule has 1 nitrogen and oxygen atoms in total. The Labute approximate surface area is 101 Å². The molecular formula is C12H15Cl2N. The van der Waals surface area contributed by atoms with E-state index in [9.17, 15) is 0 Å². The summed E-state index contributed by atoms with van der Waals surface area (Å²) >= 11 is 12.0. The first kappa shape index (κ1) is 11.3. The van der Waals surface area contributed by atoms with Crippen molar-refractivity contribution in [1.29, 1.82) is 0 Å². The fourth-order valence-electron chi connectivity index (χ4n) is 2.31. The molecule has 0 saturated carbocycles. The molecule has 3 heteroatoms. The molecule has 1 saturated heterocycles. The molecule has 0 aromatic heterocycles. The van der Waals surface area contributed by atoms with E-state index in [0.717, 1.165) is 13.0 Å². The summed E-state index contributed by atoms with van der Waals surface area (Å²) in [6.07, 6.45) is 1.14. The number of benzene rings is 1. The molecule has 1 aromatic carbocycles. The van der Waals surface area contributed by atoms with Crippen LogP contribution < -0.4 is 5.32 Å². The second-order valence-corrected chi connectivity index (χ2v) is 5.49. The molecule has 1 aromatic rings. The zero-order valence-corrected chi connectivity index (χ0v) is 10.5. The summed E-state index contributed by atoms with van der Waals surface area (Å²) in [6.45, 7) is 5.48. The Morgan fingerprint density at radius 2 is 2.07 bits per heavy atom. The maximum atomic E-state index is 6.04. The molecule has 0 bridgehead atoms. The Bertz CT molecular complexity index is 378. The molecule has 1 unspecified atom stereocenters. The highest BCUT2D eigenvalue weighted by molar-refractivity contribution is 6.42. The highest BCUT2D eigenvalue weighted by Crippen LogP contribution is 2.35. The lowest BCUT2D eigenvalue weighted by Crippen LogP contribution is -2.24. The second-order valence-electron chi connectivity index (χ2n) is 4.68. The van der Waals surface area contributed by atoms with Gasteiger partial charge in [-0.15, -0.1) is 0 Å². The van der Waals surface area contributed by atoms with E-state index in [1.54, 1.807) is 0 Å². The zero-order valence-electron chi connectivity index (χ0n) is 8.98. The summed E-state index contributed by atoms with van der Waals surface area (Å²) in [5.41, 5.74) is 1.46. The van der Waals surface area contributed by atoms with Crippen LogP contribution in [0.4, 0.5) is 0 Å². The zero-order chi connectivity index (χ0) is 11.1. The van der Waals surface area contributed by atoms with Gasteiger partial charge in [-0.1, -0.05) is 36.2 Å². The second kappa shape index (κ2) is 3.97. The fourth-order valence-corrected chi connectivity index (χ4v) is 2.61. The van der Waals surface area contributed by atoms with Crippen molar-refractivity contribution in [2.45, 2.75) is 31.7 Å². The van der Waals surface area contributed by atoms with Gasteiger partial charge in [-0.2, -0.15) is 0 Å². The largest absolute Gasteiger partial charge is 0.313 e. The minimum atomic E-state index is 0.188. The predicted octanol–water partition coefficient (Wildman–Crippen LogP) is 3.63. The molecule has 0 aliphatic carbocycles. The van der Waals surface area contributed by atoms with Gasteiger partial charge in [0.2, 0.25) is 0 Å². The highest BCUT2D eigenvalue weighted by Gasteiger charge is 2.34. The SMILES string of the molecule is CC1C[C@@](C)(c2ccc(Cl)c(Cl)c2)CN1. The van der Waals surface area contributed by atoms with E-state index in [-0.39, 0.29) is 5.41 Å². The van der Waals surface area contributed by atoms with Crippen LogP contribution in [-0.2, 0) is 5.41 Å². The average molecular weight is 244 g/mol. The molecule has 0 amide bonds. The van der Waals surface area contributed by atoms with Crippen molar-refractivity contribution in [3.63, 3.8) is 0 Å². The summed E-state index contributed by atoms with van der Waals surface area (Å²) in [7, 11) is 0. The van der Waals surface area contributed by atoms with E-state index in [1.807, 2.05) is 12.1 Å². The van der Waals surface area contributed by atoms with Gasteiger partial charge >= 0.3 is 0 Å². The summed E-state index contributed by atoms with van der Waals surface area (Å²) in [5, 5.41) is 4.74. The third kappa shape index (κ3) is 2.15. The van der Waals surface area contributed by atoms with E-state index < -0.39 is 0 Å². The van der Waals surface area contributed by atoms with Gasteiger partial charge in [0.25, 0.3) is 0 Å². The minimum Gasteiger partial charge on any atom is -0.313 e.